The van der Waals surface area contributed by atoms with Crippen molar-refractivity contribution in [3.05, 3.63) is 97.6 Å². The SMILES string of the molecule is COc1cc(N2C(=O)c3cccc([N+](=O)[O-])c3C2=O)c(Cl)cc1C(=O)OCC(=O)c1ccc(C)cc1. The van der Waals surface area contributed by atoms with Crippen molar-refractivity contribution in [3.8, 4) is 5.75 Å². The van der Waals surface area contributed by atoms with Crippen LogP contribution in [0.1, 0.15) is 47.0 Å². The minimum atomic E-state index is -0.940. The molecule has 0 bridgehead atoms. The van der Waals surface area contributed by atoms with Crippen LogP contribution in [0.2, 0.25) is 5.02 Å². The number of rotatable bonds is 7. The lowest BCUT2D eigenvalue weighted by Crippen LogP contribution is -2.30. The van der Waals surface area contributed by atoms with Gasteiger partial charge in [-0.25, -0.2) is 9.69 Å². The Morgan fingerprint density at radius 2 is 1.75 bits per heavy atom. The van der Waals surface area contributed by atoms with Crippen LogP contribution in [0.4, 0.5) is 11.4 Å². The van der Waals surface area contributed by atoms with Gasteiger partial charge in [-0.05, 0) is 19.1 Å². The lowest BCUT2D eigenvalue weighted by atomic mass is 10.1. The second kappa shape index (κ2) is 9.59. The summed E-state index contributed by atoms with van der Waals surface area (Å²) in [5, 5.41) is 11.2. The van der Waals surface area contributed by atoms with Gasteiger partial charge >= 0.3 is 5.97 Å². The van der Waals surface area contributed by atoms with E-state index >= 15 is 0 Å². The highest BCUT2D eigenvalue weighted by atomic mass is 35.5. The van der Waals surface area contributed by atoms with Gasteiger partial charge in [0, 0.05) is 17.7 Å². The van der Waals surface area contributed by atoms with E-state index in [-0.39, 0.29) is 33.1 Å². The molecular weight excluding hydrogens is 492 g/mol. The van der Waals surface area contributed by atoms with Gasteiger partial charge in [-0.2, -0.15) is 0 Å². The van der Waals surface area contributed by atoms with Crippen molar-refractivity contribution in [2.24, 2.45) is 0 Å². The number of esters is 1. The summed E-state index contributed by atoms with van der Waals surface area (Å²) in [5.41, 5.74) is 0.0221. The molecule has 1 aliphatic heterocycles. The van der Waals surface area contributed by atoms with E-state index in [9.17, 15) is 29.3 Å². The quantitative estimate of drug-likeness (QED) is 0.151. The Morgan fingerprint density at radius 3 is 2.39 bits per heavy atom. The van der Waals surface area contributed by atoms with Crippen molar-refractivity contribution in [2.45, 2.75) is 6.92 Å². The predicted octanol–water partition coefficient (Wildman–Crippen LogP) is 4.41. The first-order valence-electron chi connectivity index (χ1n) is 10.4. The molecule has 0 aliphatic carbocycles. The van der Waals surface area contributed by atoms with Gasteiger partial charge in [-0.3, -0.25) is 24.5 Å². The lowest BCUT2D eigenvalue weighted by Gasteiger charge is -2.18. The van der Waals surface area contributed by atoms with Crippen LogP contribution >= 0.6 is 11.6 Å². The van der Waals surface area contributed by atoms with E-state index in [1.165, 1.54) is 25.3 Å². The van der Waals surface area contributed by atoms with Crippen molar-refractivity contribution in [3.63, 3.8) is 0 Å². The molecule has 36 heavy (non-hydrogen) atoms. The summed E-state index contributed by atoms with van der Waals surface area (Å²) in [6.07, 6.45) is 0. The maximum Gasteiger partial charge on any atom is 0.342 e. The fraction of sp³-hybridized carbons (Fsp3) is 0.120. The molecular formula is C25H17ClN2O8. The number of carbonyl (C=O) groups is 4. The number of ether oxygens (including phenoxy) is 2. The zero-order chi connectivity index (χ0) is 26.1. The molecule has 0 unspecified atom stereocenters. The number of Topliss-reactive ketones (excluding diaryl/α,β-unsaturated/α-hetero) is 1. The van der Waals surface area contributed by atoms with E-state index in [1.807, 2.05) is 6.92 Å². The molecule has 0 N–H and O–H groups in total. The molecule has 0 atom stereocenters. The second-order valence-corrected chi connectivity index (χ2v) is 8.18. The molecule has 1 aliphatic rings. The third-order valence-electron chi connectivity index (χ3n) is 5.53. The zero-order valence-electron chi connectivity index (χ0n) is 18.9. The Morgan fingerprint density at radius 1 is 1.06 bits per heavy atom. The standard InChI is InChI=1S/C25H17ClN2O8/c1-13-6-8-14(9-7-13)20(29)12-36-25(32)16-10-17(26)19(11-21(16)35-2)27-23(30)15-4-3-5-18(28(33)34)22(15)24(27)31/h3-11H,12H2,1-2H3. The van der Waals surface area contributed by atoms with Crippen molar-refractivity contribution in [1.82, 2.24) is 0 Å². The Balaban J connectivity index is 1.61. The minimum absolute atomic E-state index is 0.0896. The zero-order valence-corrected chi connectivity index (χ0v) is 19.7. The van der Waals surface area contributed by atoms with Crippen LogP contribution in [0.5, 0.6) is 5.75 Å². The highest BCUT2D eigenvalue weighted by Gasteiger charge is 2.43. The van der Waals surface area contributed by atoms with Crippen LogP contribution in [-0.2, 0) is 4.74 Å². The number of fused-ring (bicyclic) bond motifs is 1. The summed E-state index contributed by atoms with van der Waals surface area (Å²) in [6, 6.07) is 12.8. The number of imide groups is 1. The average molecular weight is 509 g/mol. The van der Waals surface area contributed by atoms with Crippen LogP contribution in [0, 0.1) is 17.0 Å². The number of nitro groups is 1. The van der Waals surface area contributed by atoms with Crippen LogP contribution in [0.15, 0.2) is 54.6 Å². The number of carbonyl (C=O) groups excluding carboxylic acids is 4. The first-order valence-corrected chi connectivity index (χ1v) is 10.8. The van der Waals surface area contributed by atoms with Crippen LogP contribution in [0.25, 0.3) is 0 Å². The molecule has 182 valence electrons. The molecule has 1 heterocycles. The smallest absolute Gasteiger partial charge is 0.342 e. The molecule has 0 aromatic heterocycles. The van der Waals surface area contributed by atoms with Gasteiger partial charge in [-0.1, -0.05) is 47.5 Å². The Kier molecular flexibility index (Phi) is 6.54. The van der Waals surface area contributed by atoms with E-state index in [0.717, 1.165) is 17.7 Å². The Labute approximate surface area is 209 Å². The molecule has 0 saturated heterocycles. The van der Waals surface area contributed by atoms with Gasteiger partial charge in [0.25, 0.3) is 17.5 Å². The summed E-state index contributed by atoms with van der Waals surface area (Å²) < 4.78 is 10.4. The third-order valence-corrected chi connectivity index (χ3v) is 5.83. The number of nitro benzene ring substituents is 1. The summed E-state index contributed by atoms with van der Waals surface area (Å²) >= 11 is 6.32. The normalized spacial score (nSPS) is 12.4. The monoisotopic (exact) mass is 508 g/mol. The number of nitrogens with zero attached hydrogens (tertiary/aromatic N) is 2. The van der Waals surface area contributed by atoms with Crippen molar-refractivity contribution < 1.29 is 33.6 Å². The molecule has 0 radical (unpaired) electrons. The first-order chi connectivity index (χ1) is 17.1. The molecule has 0 fully saturated rings. The first kappa shape index (κ1) is 24.6. The maximum atomic E-state index is 13.0. The van der Waals surface area contributed by atoms with E-state index in [1.54, 1.807) is 24.3 Å². The molecule has 3 aromatic rings. The van der Waals surface area contributed by atoms with E-state index in [2.05, 4.69) is 0 Å². The summed E-state index contributed by atoms with van der Waals surface area (Å²) in [5.74, 6) is -3.18. The maximum absolute atomic E-state index is 13.0. The minimum Gasteiger partial charge on any atom is -0.496 e. The number of hydrogen-bond donors (Lipinski definition) is 0. The number of halogens is 1. The highest BCUT2D eigenvalue weighted by Crippen LogP contribution is 2.40. The molecule has 3 aromatic carbocycles. The van der Waals surface area contributed by atoms with Crippen LogP contribution in [0.3, 0.4) is 0 Å². The van der Waals surface area contributed by atoms with Crippen molar-refractivity contribution >= 4 is 46.5 Å². The number of anilines is 1. The molecule has 0 spiro atoms. The molecule has 4 rings (SSSR count). The fourth-order valence-corrected chi connectivity index (χ4v) is 3.96. The van der Waals surface area contributed by atoms with E-state index in [0.29, 0.717) is 10.5 Å². The Hall–Kier alpha value is -4.57. The summed E-state index contributed by atoms with van der Waals surface area (Å²) in [4.78, 5) is 62.3. The number of hydrogen-bond acceptors (Lipinski definition) is 8. The number of methoxy groups -OCH3 is 1. The number of amides is 2. The van der Waals surface area contributed by atoms with Gasteiger partial charge in [0.2, 0.25) is 0 Å². The third kappa shape index (κ3) is 4.29. The molecule has 0 saturated carbocycles. The Bertz CT molecular complexity index is 1450. The van der Waals surface area contributed by atoms with E-state index < -0.39 is 40.8 Å². The van der Waals surface area contributed by atoms with Gasteiger partial charge in [0.05, 0.1) is 28.3 Å². The van der Waals surface area contributed by atoms with Crippen LogP contribution < -0.4 is 9.64 Å². The molecule has 11 heteroatoms. The largest absolute Gasteiger partial charge is 0.496 e. The highest BCUT2D eigenvalue weighted by molar-refractivity contribution is 6.40. The number of ketones is 1. The van der Waals surface area contributed by atoms with Crippen molar-refractivity contribution in [2.75, 3.05) is 18.6 Å². The molecule has 10 nitrogen and oxygen atoms in total. The number of benzene rings is 3. The van der Waals surface area contributed by atoms with Gasteiger partial charge in [0.1, 0.15) is 16.9 Å². The van der Waals surface area contributed by atoms with Crippen molar-refractivity contribution in [1.29, 1.82) is 0 Å². The number of aryl methyl sites for hydroxylation is 1. The second-order valence-electron chi connectivity index (χ2n) is 7.77. The van der Waals surface area contributed by atoms with E-state index in [4.69, 9.17) is 21.1 Å². The van der Waals surface area contributed by atoms with Gasteiger partial charge in [-0.15, -0.1) is 0 Å². The fourth-order valence-electron chi connectivity index (χ4n) is 3.71. The van der Waals surface area contributed by atoms with Crippen LogP contribution in [-0.4, -0.2) is 42.2 Å². The topological polar surface area (TPSA) is 133 Å². The predicted molar refractivity (Wildman–Crippen MR) is 128 cm³/mol. The lowest BCUT2D eigenvalue weighted by molar-refractivity contribution is -0.385. The summed E-state index contributed by atoms with van der Waals surface area (Å²) in [7, 11) is 1.24. The van der Waals surface area contributed by atoms with Gasteiger partial charge < -0.3 is 9.47 Å². The summed E-state index contributed by atoms with van der Waals surface area (Å²) in [6.45, 7) is 1.34. The van der Waals surface area contributed by atoms with Gasteiger partial charge in [0.15, 0.2) is 12.4 Å². The molecule has 2 amide bonds. The average Bonchev–Trinajstić information content (AvgIpc) is 3.12.